The van der Waals surface area contributed by atoms with Gasteiger partial charge in [0.25, 0.3) is 0 Å². The number of aliphatic hydroxyl groups excluding tert-OH is 3. The van der Waals surface area contributed by atoms with Crippen LogP contribution in [-0.4, -0.2) is 35.1 Å². The van der Waals surface area contributed by atoms with Gasteiger partial charge in [-0.2, -0.15) is 0 Å². The van der Waals surface area contributed by atoms with E-state index in [2.05, 4.69) is 0 Å². The first-order valence-electron chi connectivity index (χ1n) is 3.07. The average Bonchev–Trinajstić information content (AvgIpc) is 1.70. The summed E-state index contributed by atoms with van der Waals surface area (Å²) < 4.78 is 0. The maximum atomic E-state index is 7.57. The third-order valence-corrected chi connectivity index (χ3v) is 0. The van der Waals surface area contributed by atoms with Crippen molar-refractivity contribution in [2.75, 3.05) is 19.8 Å². The smallest absolute Gasteiger partial charge is 0.0402 e. The van der Waals surface area contributed by atoms with Crippen molar-refractivity contribution in [3.05, 3.63) is 0 Å². The molecule has 0 amide bonds. The van der Waals surface area contributed by atoms with E-state index in [1.54, 1.807) is 20.8 Å². The van der Waals surface area contributed by atoms with Crippen LogP contribution in [0.2, 0.25) is 0 Å². The summed E-state index contributed by atoms with van der Waals surface area (Å²) in [5.41, 5.74) is 0. The molecule has 0 aromatic carbocycles. The van der Waals surface area contributed by atoms with Crippen molar-refractivity contribution in [1.82, 2.24) is 0 Å². The van der Waals surface area contributed by atoms with E-state index in [-0.39, 0.29) is 84.3 Å². The quantitative estimate of drug-likeness (QED) is 0.535. The van der Waals surface area contributed by atoms with Crippen LogP contribution in [0.1, 0.15) is 20.8 Å². The second-order valence-corrected chi connectivity index (χ2v) is 0.949. The van der Waals surface area contributed by atoms with Crippen molar-refractivity contribution in [3.63, 3.8) is 0 Å². The maximum Gasteiger partial charge on any atom is 0.0402 e. The molecule has 0 aliphatic heterocycles. The number of hydrogen-bond donors (Lipinski definition) is 3. The Morgan fingerprint density at radius 3 is 0.500 bits per heavy atom. The summed E-state index contributed by atoms with van der Waals surface area (Å²) in [4.78, 5) is 0. The molecule has 0 rings (SSSR count). The summed E-state index contributed by atoms with van der Waals surface area (Å²) >= 11 is 0. The number of rotatable bonds is 0. The summed E-state index contributed by atoms with van der Waals surface area (Å²) in [5.74, 6) is 0. The van der Waals surface area contributed by atoms with Gasteiger partial charge in [-0.05, 0) is 20.8 Å². The van der Waals surface area contributed by atoms with Crippen LogP contribution >= 0.6 is 0 Å². The van der Waals surface area contributed by atoms with Gasteiger partial charge in [0.2, 0.25) is 0 Å². The van der Waals surface area contributed by atoms with E-state index in [0.29, 0.717) is 0 Å². The van der Waals surface area contributed by atoms with Crippen LogP contribution < -0.4 is 0 Å². The molecule has 8 nitrogen and oxygen atoms in total. The normalized spacial score (nSPS) is 3.38. The molecule has 0 saturated heterocycles. The Hall–Kier alpha value is 0.849. The maximum absolute atomic E-state index is 7.57. The van der Waals surface area contributed by atoms with Crippen molar-refractivity contribution in [2.24, 2.45) is 0 Å². The topological polar surface area (TPSA) is 203 Å². The minimum absolute atomic E-state index is 0. The Labute approximate surface area is 120 Å². The van der Waals surface area contributed by atoms with E-state index in [1.807, 2.05) is 0 Å². The zero-order chi connectivity index (χ0) is 8.12. The molecule has 2 radical (unpaired) electrons. The van der Waals surface area contributed by atoms with Gasteiger partial charge >= 0.3 is 0 Å². The monoisotopic (exact) mass is 320 g/mol. The molecule has 0 aromatic rings. The Kier molecular flexibility index (Phi) is 1330. The minimum atomic E-state index is 0. The SMILES string of the molecule is CCO.CCO.CCO.[O-2].[O-2].[O-2].[O-2].[O-2].[V].[V]. The largest absolute Gasteiger partial charge is 2.00 e. The molecule has 0 saturated carbocycles. The van der Waals surface area contributed by atoms with E-state index in [4.69, 9.17) is 15.3 Å². The van der Waals surface area contributed by atoms with E-state index < -0.39 is 0 Å². The average molecular weight is 320 g/mol. The molecule has 0 aliphatic carbocycles. The fourth-order valence-electron chi connectivity index (χ4n) is 0. The fourth-order valence-corrected chi connectivity index (χ4v) is 0. The van der Waals surface area contributed by atoms with Gasteiger partial charge in [0.1, 0.15) is 0 Å². The van der Waals surface area contributed by atoms with Crippen molar-refractivity contribution in [2.45, 2.75) is 20.8 Å². The second-order valence-electron chi connectivity index (χ2n) is 0.949. The number of hydrogen-bond acceptors (Lipinski definition) is 3. The van der Waals surface area contributed by atoms with E-state index in [0.717, 1.165) is 0 Å². The van der Waals surface area contributed by atoms with E-state index in [9.17, 15) is 0 Å². The zero-order valence-corrected chi connectivity index (χ0v) is 12.2. The van der Waals surface area contributed by atoms with Crippen molar-refractivity contribution >= 4 is 0 Å². The van der Waals surface area contributed by atoms with Gasteiger partial charge in [0.15, 0.2) is 0 Å². The van der Waals surface area contributed by atoms with Crippen LogP contribution in [0.15, 0.2) is 0 Å². The molecule has 0 bridgehead atoms. The summed E-state index contributed by atoms with van der Waals surface area (Å²) in [6.45, 7) is 5.79. The molecule has 0 unspecified atom stereocenters. The minimum Gasteiger partial charge on any atom is -2.00 e. The molecule has 16 heavy (non-hydrogen) atoms. The van der Waals surface area contributed by atoms with Crippen LogP contribution in [0.5, 0.6) is 0 Å². The summed E-state index contributed by atoms with van der Waals surface area (Å²) in [7, 11) is 0. The number of aliphatic hydroxyl groups is 3. The Balaban J connectivity index is -0.00000000346. The first-order chi connectivity index (χ1) is 4.24. The fraction of sp³-hybridized carbons (Fsp3) is 1.00. The third kappa shape index (κ3) is 3950. The van der Waals surface area contributed by atoms with E-state index >= 15 is 0 Å². The van der Waals surface area contributed by atoms with Crippen LogP contribution in [0.4, 0.5) is 0 Å². The van der Waals surface area contributed by atoms with Gasteiger partial charge in [-0.25, -0.2) is 0 Å². The molecular weight excluding hydrogens is 302 g/mol. The molecule has 0 aromatic heterocycles. The third-order valence-electron chi connectivity index (χ3n) is 0. The van der Waals surface area contributed by atoms with E-state index in [1.165, 1.54) is 0 Å². The Morgan fingerprint density at radius 1 is 0.500 bits per heavy atom. The van der Waals surface area contributed by atoms with Crippen molar-refractivity contribution < 1.29 is 79.8 Å². The second kappa shape index (κ2) is 236. The van der Waals surface area contributed by atoms with Crippen LogP contribution in [0.3, 0.4) is 0 Å². The van der Waals surface area contributed by atoms with Gasteiger partial charge in [-0.1, -0.05) is 0 Å². The van der Waals surface area contributed by atoms with Crippen molar-refractivity contribution in [1.29, 1.82) is 0 Å². The zero-order valence-electron chi connectivity index (χ0n) is 9.40. The van der Waals surface area contributed by atoms with Gasteiger partial charge in [-0.3, -0.25) is 0 Å². The van der Waals surface area contributed by atoms with Gasteiger partial charge < -0.3 is 42.7 Å². The molecule has 0 spiro atoms. The summed E-state index contributed by atoms with van der Waals surface area (Å²) in [6.07, 6.45) is 0. The van der Waals surface area contributed by atoms with Crippen LogP contribution in [0.25, 0.3) is 0 Å². The molecule has 0 atom stereocenters. The molecule has 0 heterocycles. The Bertz CT molecular complexity index is 27.2. The van der Waals surface area contributed by atoms with Gasteiger partial charge in [0, 0.05) is 56.9 Å². The molecule has 0 aliphatic rings. The molecule has 3 N–H and O–H groups in total. The molecule has 0 fully saturated rings. The van der Waals surface area contributed by atoms with Crippen LogP contribution in [-0.2, 0) is 64.5 Å². The predicted octanol–water partition coefficient (Wildman–Crippen LogP) is -0.603. The summed E-state index contributed by atoms with van der Waals surface area (Å²) in [5, 5.41) is 22.7. The molecule has 110 valence electrons. The van der Waals surface area contributed by atoms with Crippen molar-refractivity contribution in [3.8, 4) is 0 Å². The standard InChI is InChI=1S/3C2H6O.5O.2V/c3*1-2-3;;;;;;;/h3*3H,2H2,1H3;;;;;;;/q;;;5*-2;;. The summed E-state index contributed by atoms with van der Waals surface area (Å²) in [6, 6.07) is 0. The molecular formula is C6H18O8V2-10. The Morgan fingerprint density at radius 2 is 0.500 bits per heavy atom. The predicted molar refractivity (Wildman–Crippen MR) is 41.7 cm³/mol. The first-order valence-corrected chi connectivity index (χ1v) is 3.07. The van der Waals surface area contributed by atoms with Crippen LogP contribution in [0, 0.1) is 0 Å². The van der Waals surface area contributed by atoms with Gasteiger partial charge in [0.05, 0.1) is 0 Å². The first kappa shape index (κ1) is 90.2. The molecule has 10 heteroatoms. The van der Waals surface area contributed by atoms with Gasteiger partial charge in [-0.15, -0.1) is 0 Å².